The van der Waals surface area contributed by atoms with Crippen LogP contribution >= 0.6 is 15.9 Å². The third kappa shape index (κ3) is 4.59. The molecule has 0 aliphatic carbocycles. The number of rotatable bonds is 5. The second-order valence-electron chi connectivity index (χ2n) is 2.85. The minimum absolute atomic E-state index is 0.285. The van der Waals surface area contributed by atoms with Gasteiger partial charge in [0.1, 0.15) is 10.4 Å². The van der Waals surface area contributed by atoms with Crippen molar-refractivity contribution < 1.29 is 8.42 Å². The minimum Gasteiger partial charge on any atom is -0.255 e. The summed E-state index contributed by atoms with van der Waals surface area (Å²) in [7, 11) is -3.50. The van der Waals surface area contributed by atoms with E-state index in [4.69, 9.17) is 0 Å². The van der Waals surface area contributed by atoms with Crippen LogP contribution in [0.4, 0.5) is 5.82 Å². The van der Waals surface area contributed by atoms with Gasteiger partial charge in [-0.3, -0.25) is 4.72 Å². The number of nitrogens with zero attached hydrogens (tertiary/aromatic N) is 1. The second-order valence-corrected chi connectivity index (χ2v) is 5.16. The summed E-state index contributed by atoms with van der Waals surface area (Å²) in [6.45, 7) is 2.29. The maximum atomic E-state index is 11.4. The van der Waals surface area contributed by atoms with Gasteiger partial charge in [0, 0.05) is 6.54 Å². The van der Waals surface area contributed by atoms with Gasteiger partial charge in [0.2, 0.25) is 0 Å². The molecule has 0 amide bonds. The van der Waals surface area contributed by atoms with Gasteiger partial charge in [-0.1, -0.05) is 13.0 Å². The van der Waals surface area contributed by atoms with E-state index < -0.39 is 10.2 Å². The molecule has 1 aromatic heterocycles. The number of pyridine rings is 1. The van der Waals surface area contributed by atoms with Gasteiger partial charge in [0.05, 0.1) is 0 Å². The Balaban J connectivity index is 2.69. The van der Waals surface area contributed by atoms with E-state index >= 15 is 0 Å². The Kier molecular flexibility index (Phi) is 4.49. The number of halogens is 1. The molecule has 0 unspecified atom stereocenters. The standard InChI is InChI=1S/C8H12BrN3O2S/c1-2-6-10-15(13,14)12-8-5-3-4-7(9)11-8/h3-5,10H,2,6H2,1H3,(H,11,12). The van der Waals surface area contributed by atoms with Crippen LogP contribution in [0.25, 0.3) is 0 Å². The zero-order chi connectivity index (χ0) is 11.3. The smallest absolute Gasteiger partial charge is 0.255 e. The predicted octanol–water partition coefficient (Wildman–Crippen LogP) is 1.50. The molecule has 84 valence electrons. The minimum atomic E-state index is -3.50. The highest BCUT2D eigenvalue weighted by Gasteiger charge is 2.08. The van der Waals surface area contributed by atoms with Crippen LogP contribution in [0.15, 0.2) is 22.8 Å². The first-order valence-electron chi connectivity index (χ1n) is 4.43. The SMILES string of the molecule is CCCNS(=O)(=O)Nc1cccc(Br)n1. The summed E-state index contributed by atoms with van der Waals surface area (Å²) in [6, 6.07) is 5.00. The Hall–Kier alpha value is -0.660. The number of hydrogen-bond acceptors (Lipinski definition) is 3. The van der Waals surface area contributed by atoms with Crippen LogP contribution in [0.5, 0.6) is 0 Å². The Morgan fingerprint density at radius 1 is 1.47 bits per heavy atom. The number of aromatic nitrogens is 1. The van der Waals surface area contributed by atoms with Gasteiger partial charge < -0.3 is 0 Å². The Morgan fingerprint density at radius 3 is 2.80 bits per heavy atom. The van der Waals surface area contributed by atoms with E-state index in [1.165, 1.54) is 0 Å². The summed E-state index contributed by atoms with van der Waals surface area (Å²) in [6.07, 6.45) is 0.743. The molecule has 5 nitrogen and oxygen atoms in total. The van der Waals surface area contributed by atoms with Crippen molar-refractivity contribution in [1.82, 2.24) is 9.71 Å². The van der Waals surface area contributed by atoms with Crippen LogP contribution in [-0.2, 0) is 10.2 Å². The summed E-state index contributed by atoms with van der Waals surface area (Å²) in [5, 5.41) is 0. The van der Waals surface area contributed by atoms with Crippen LogP contribution in [0, 0.1) is 0 Å². The number of nitrogens with one attached hydrogen (secondary N) is 2. The van der Waals surface area contributed by atoms with E-state index in [-0.39, 0.29) is 5.82 Å². The topological polar surface area (TPSA) is 71.1 Å². The highest BCUT2D eigenvalue weighted by molar-refractivity contribution is 9.10. The van der Waals surface area contributed by atoms with Crippen LogP contribution < -0.4 is 9.44 Å². The Bertz CT molecular complexity index is 422. The molecule has 0 spiro atoms. The first-order chi connectivity index (χ1) is 7.03. The third-order valence-corrected chi connectivity index (χ3v) is 3.00. The van der Waals surface area contributed by atoms with Crippen molar-refractivity contribution in [3.05, 3.63) is 22.8 Å². The van der Waals surface area contributed by atoms with E-state index in [0.29, 0.717) is 11.1 Å². The summed E-state index contributed by atoms with van der Waals surface area (Å²) in [5.74, 6) is 0.285. The van der Waals surface area contributed by atoms with Crippen molar-refractivity contribution >= 4 is 32.0 Å². The summed E-state index contributed by atoms with van der Waals surface area (Å²) < 4.78 is 28.1. The maximum absolute atomic E-state index is 11.4. The first kappa shape index (κ1) is 12.4. The van der Waals surface area contributed by atoms with Gasteiger partial charge in [-0.2, -0.15) is 13.1 Å². The Morgan fingerprint density at radius 2 is 2.20 bits per heavy atom. The van der Waals surface area contributed by atoms with E-state index in [2.05, 4.69) is 30.4 Å². The normalized spacial score (nSPS) is 11.3. The lowest BCUT2D eigenvalue weighted by atomic mass is 10.5. The number of anilines is 1. The van der Waals surface area contributed by atoms with Crippen molar-refractivity contribution in [2.75, 3.05) is 11.3 Å². The molecule has 0 saturated carbocycles. The van der Waals surface area contributed by atoms with Gasteiger partial charge in [0.25, 0.3) is 10.2 Å². The van der Waals surface area contributed by atoms with E-state index in [0.717, 1.165) is 6.42 Å². The molecule has 15 heavy (non-hydrogen) atoms. The highest BCUT2D eigenvalue weighted by atomic mass is 79.9. The third-order valence-electron chi connectivity index (χ3n) is 1.50. The lowest BCUT2D eigenvalue weighted by molar-refractivity contribution is 0.586. The van der Waals surface area contributed by atoms with E-state index in [1.54, 1.807) is 18.2 Å². The summed E-state index contributed by atoms with van der Waals surface area (Å²) in [4.78, 5) is 3.95. The fourth-order valence-electron chi connectivity index (χ4n) is 0.875. The van der Waals surface area contributed by atoms with Crippen molar-refractivity contribution in [3.8, 4) is 0 Å². The molecule has 0 aliphatic heterocycles. The molecule has 1 heterocycles. The molecule has 0 aromatic carbocycles. The van der Waals surface area contributed by atoms with Crippen LogP contribution in [0.1, 0.15) is 13.3 Å². The second kappa shape index (κ2) is 5.43. The lowest BCUT2D eigenvalue weighted by Gasteiger charge is -2.07. The van der Waals surface area contributed by atoms with Crippen LogP contribution in [0.2, 0.25) is 0 Å². The molecular weight excluding hydrogens is 282 g/mol. The fraction of sp³-hybridized carbons (Fsp3) is 0.375. The molecule has 0 atom stereocenters. The van der Waals surface area contributed by atoms with Gasteiger partial charge in [-0.05, 0) is 34.5 Å². The average molecular weight is 294 g/mol. The fourth-order valence-corrected chi connectivity index (χ4v) is 2.15. The van der Waals surface area contributed by atoms with Crippen LogP contribution in [0.3, 0.4) is 0 Å². The monoisotopic (exact) mass is 293 g/mol. The van der Waals surface area contributed by atoms with Gasteiger partial charge in [-0.15, -0.1) is 0 Å². The highest BCUT2D eigenvalue weighted by Crippen LogP contribution is 2.10. The summed E-state index contributed by atoms with van der Waals surface area (Å²) in [5.41, 5.74) is 0. The van der Waals surface area contributed by atoms with Crippen molar-refractivity contribution in [2.24, 2.45) is 0 Å². The zero-order valence-corrected chi connectivity index (χ0v) is 10.6. The molecule has 0 bridgehead atoms. The molecule has 0 fully saturated rings. The van der Waals surface area contributed by atoms with E-state index in [1.807, 2.05) is 6.92 Å². The maximum Gasteiger partial charge on any atom is 0.300 e. The molecular formula is C8H12BrN3O2S. The molecule has 1 aromatic rings. The molecule has 0 radical (unpaired) electrons. The van der Waals surface area contributed by atoms with Gasteiger partial charge >= 0.3 is 0 Å². The van der Waals surface area contributed by atoms with Crippen molar-refractivity contribution in [3.63, 3.8) is 0 Å². The zero-order valence-electron chi connectivity index (χ0n) is 8.20. The van der Waals surface area contributed by atoms with Gasteiger partial charge in [0.15, 0.2) is 0 Å². The lowest BCUT2D eigenvalue weighted by Crippen LogP contribution is -2.30. The first-order valence-corrected chi connectivity index (χ1v) is 6.71. The largest absolute Gasteiger partial charge is 0.300 e. The van der Waals surface area contributed by atoms with Gasteiger partial charge in [-0.25, -0.2) is 4.98 Å². The van der Waals surface area contributed by atoms with E-state index in [9.17, 15) is 8.42 Å². The molecule has 2 N–H and O–H groups in total. The predicted molar refractivity (Wildman–Crippen MR) is 62.8 cm³/mol. The number of hydrogen-bond donors (Lipinski definition) is 2. The van der Waals surface area contributed by atoms with Crippen molar-refractivity contribution in [2.45, 2.75) is 13.3 Å². The molecule has 7 heteroatoms. The van der Waals surface area contributed by atoms with Crippen molar-refractivity contribution in [1.29, 1.82) is 0 Å². The quantitative estimate of drug-likeness (QED) is 0.808. The molecule has 0 saturated heterocycles. The molecule has 0 aliphatic rings. The molecule has 1 rings (SSSR count). The average Bonchev–Trinajstić information content (AvgIpc) is 2.14. The summed E-state index contributed by atoms with van der Waals surface area (Å²) >= 11 is 3.16. The Labute approximate surface area is 97.6 Å². The van der Waals surface area contributed by atoms with Crippen LogP contribution in [-0.4, -0.2) is 19.9 Å².